The molecule has 1 aliphatic rings. The van der Waals surface area contributed by atoms with E-state index >= 15 is 0 Å². The normalized spacial score (nSPS) is 22.2. The van der Waals surface area contributed by atoms with Crippen molar-refractivity contribution in [3.63, 3.8) is 0 Å². The molecule has 5 rings (SSSR count). The lowest BCUT2D eigenvalue weighted by Gasteiger charge is -2.32. The molecule has 0 bridgehead atoms. The highest BCUT2D eigenvalue weighted by atomic mass is 16.7. The van der Waals surface area contributed by atoms with Crippen molar-refractivity contribution in [2.75, 3.05) is 0 Å². The minimum atomic E-state index is -0.614. The largest absolute Gasteiger partial charge is 0.494 e. The molecule has 130 valence electrons. The van der Waals surface area contributed by atoms with Gasteiger partial charge in [0, 0.05) is 10.8 Å². The third-order valence-corrected chi connectivity index (χ3v) is 5.41. The van der Waals surface area contributed by atoms with E-state index in [0.717, 1.165) is 5.46 Å². The lowest BCUT2D eigenvalue weighted by atomic mass is 9.78. The van der Waals surface area contributed by atoms with Crippen molar-refractivity contribution in [1.29, 1.82) is 0 Å². The van der Waals surface area contributed by atoms with Gasteiger partial charge in [-0.25, -0.2) is 0 Å². The molecule has 0 N–H and O–H groups in total. The van der Waals surface area contributed by atoms with Crippen LogP contribution in [0.1, 0.15) is 35.9 Å². The Hall–Kier alpha value is -2.30. The Morgan fingerprint density at radius 1 is 0.846 bits per heavy atom. The molecule has 0 aliphatic carbocycles. The van der Waals surface area contributed by atoms with Crippen LogP contribution in [0.3, 0.4) is 0 Å². The fourth-order valence-corrected chi connectivity index (χ4v) is 3.19. The highest BCUT2D eigenvalue weighted by Gasteiger charge is 2.51. The number of hydrogen-bond donors (Lipinski definition) is 0. The average Bonchev–Trinajstić information content (AvgIpc) is 3.21. The first kappa shape index (κ1) is 10.8. The highest BCUT2D eigenvalue weighted by molar-refractivity contribution is 6.62. The van der Waals surface area contributed by atoms with Crippen molar-refractivity contribution in [2.24, 2.45) is 0 Å². The first-order valence-electron chi connectivity index (χ1n) is 11.6. The van der Waals surface area contributed by atoms with E-state index in [2.05, 4.69) is 0 Å². The maximum absolute atomic E-state index is 8.78. The summed E-state index contributed by atoms with van der Waals surface area (Å²) in [6.07, 6.45) is 0. The molecule has 0 saturated carbocycles. The molecular weight excluding hydrogens is 323 g/mol. The van der Waals surface area contributed by atoms with E-state index in [9.17, 15) is 0 Å². The van der Waals surface area contributed by atoms with Gasteiger partial charge in [-0.3, -0.25) is 0 Å². The number of hydrogen-bond acceptors (Lipinski definition) is 3. The van der Waals surface area contributed by atoms with Gasteiger partial charge in [0.15, 0.2) is 0 Å². The van der Waals surface area contributed by atoms with Gasteiger partial charge in [0.2, 0.25) is 0 Å². The van der Waals surface area contributed by atoms with Crippen molar-refractivity contribution in [3.05, 3.63) is 54.5 Å². The summed E-state index contributed by atoms with van der Waals surface area (Å²) in [4.78, 5) is 0. The monoisotopic (exact) mass is 350 g/mol. The summed E-state index contributed by atoms with van der Waals surface area (Å²) in [6, 6.07) is 3.54. The van der Waals surface area contributed by atoms with E-state index in [0.29, 0.717) is 16.4 Å². The third-order valence-electron chi connectivity index (χ3n) is 5.41. The Morgan fingerprint density at radius 3 is 2.19 bits per heavy atom. The predicted molar refractivity (Wildman–Crippen MR) is 107 cm³/mol. The lowest BCUT2D eigenvalue weighted by Crippen LogP contribution is -2.41. The van der Waals surface area contributed by atoms with E-state index in [1.165, 1.54) is 0 Å². The summed E-state index contributed by atoms with van der Waals surface area (Å²) in [5.74, 6) is 0. The molecule has 0 amide bonds. The molecule has 0 spiro atoms. The summed E-state index contributed by atoms with van der Waals surface area (Å²) in [5, 5.41) is 0.900. The first-order valence-corrected chi connectivity index (χ1v) is 8.56. The van der Waals surface area contributed by atoms with Crippen molar-refractivity contribution < 1.29 is 22.0 Å². The standard InChI is InChI=1S/C22H21BO3/c1-21(2)22(3,4)26-23(25-21)16-9-10-19-18(13-16)17-11-14-7-5-6-8-15(14)12-20(17)24-19/h5-13H,1-4H3/i5D,6D,7D,8D,11D,12D. The zero-order valence-corrected chi connectivity index (χ0v) is 15.0. The second-order valence-corrected chi connectivity index (χ2v) is 7.65. The van der Waals surface area contributed by atoms with Crippen LogP contribution < -0.4 is 5.46 Å². The summed E-state index contributed by atoms with van der Waals surface area (Å²) < 4.78 is 68.0. The maximum Gasteiger partial charge on any atom is 0.494 e. The van der Waals surface area contributed by atoms with Gasteiger partial charge < -0.3 is 13.7 Å². The van der Waals surface area contributed by atoms with Crippen LogP contribution in [0, 0.1) is 0 Å². The van der Waals surface area contributed by atoms with E-state index in [1.807, 2.05) is 33.8 Å². The van der Waals surface area contributed by atoms with Gasteiger partial charge in [-0.15, -0.1) is 0 Å². The van der Waals surface area contributed by atoms with Crippen molar-refractivity contribution in [1.82, 2.24) is 0 Å². The summed E-state index contributed by atoms with van der Waals surface area (Å²) in [7, 11) is -0.614. The van der Waals surface area contributed by atoms with Crippen LogP contribution in [0.2, 0.25) is 0 Å². The van der Waals surface area contributed by atoms with Gasteiger partial charge in [-0.05, 0) is 62.1 Å². The first-order chi connectivity index (χ1) is 14.9. The van der Waals surface area contributed by atoms with Crippen LogP contribution >= 0.6 is 0 Å². The van der Waals surface area contributed by atoms with Crippen LogP contribution in [0.5, 0.6) is 0 Å². The predicted octanol–water partition coefficient (Wildman–Crippen LogP) is 5.04. The molecule has 1 fully saturated rings. The Morgan fingerprint density at radius 2 is 1.50 bits per heavy atom. The van der Waals surface area contributed by atoms with E-state index in [1.54, 1.807) is 12.1 Å². The number of rotatable bonds is 1. The van der Waals surface area contributed by atoms with Gasteiger partial charge >= 0.3 is 7.12 Å². The maximum atomic E-state index is 8.78. The molecule has 26 heavy (non-hydrogen) atoms. The second kappa shape index (κ2) is 5.12. The number of furan rings is 1. The average molecular weight is 350 g/mol. The molecule has 0 unspecified atom stereocenters. The molecule has 4 aromatic rings. The number of benzene rings is 3. The molecular formula is C22H21BO3. The van der Waals surface area contributed by atoms with E-state index < -0.39 is 30.4 Å². The molecule has 1 aromatic heterocycles. The molecule has 2 heterocycles. The minimum Gasteiger partial charge on any atom is -0.456 e. The zero-order valence-electron chi connectivity index (χ0n) is 21.0. The smallest absolute Gasteiger partial charge is 0.456 e. The fourth-order valence-electron chi connectivity index (χ4n) is 3.19. The van der Waals surface area contributed by atoms with Gasteiger partial charge in [0.05, 0.1) is 19.4 Å². The number of fused-ring (bicyclic) bond motifs is 4. The third kappa shape index (κ3) is 2.22. The minimum absolute atomic E-state index is 0.0113. The van der Waals surface area contributed by atoms with Crippen molar-refractivity contribution >= 4 is 45.3 Å². The van der Waals surface area contributed by atoms with Gasteiger partial charge in [0.25, 0.3) is 0 Å². The summed E-state index contributed by atoms with van der Waals surface area (Å²) in [6.45, 7) is 7.86. The van der Waals surface area contributed by atoms with Gasteiger partial charge in [0.1, 0.15) is 11.2 Å². The highest BCUT2D eigenvalue weighted by Crippen LogP contribution is 2.37. The molecule has 0 atom stereocenters. The Kier molecular flexibility index (Phi) is 2.12. The lowest BCUT2D eigenvalue weighted by molar-refractivity contribution is 0.00578. The van der Waals surface area contributed by atoms with Gasteiger partial charge in [-0.1, -0.05) is 36.3 Å². The Balaban J connectivity index is 1.82. The molecule has 1 aliphatic heterocycles. The van der Waals surface area contributed by atoms with E-state index in [4.69, 9.17) is 22.0 Å². The molecule has 3 aromatic carbocycles. The van der Waals surface area contributed by atoms with Crippen LogP contribution in [0.4, 0.5) is 0 Å². The fraction of sp³-hybridized carbons (Fsp3) is 0.273. The summed E-state index contributed by atoms with van der Waals surface area (Å²) in [5.41, 5.74) is 0.278. The zero-order chi connectivity index (χ0) is 23.3. The quantitative estimate of drug-likeness (QED) is 0.451. The van der Waals surface area contributed by atoms with E-state index in [-0.39, 0.29) is 40.5 Å². The summed E-state index contributed by atoms with van der Waals surface area (Å²) >= 11 is 0. The molecule has 1 saturated heterocycles. The Labute approximate surface area is 161 Å². The SMILES string of the molecule is [2H]c1c([2H])c([2H])c2c([2H])c3c(oc4ccc(B5OC(C)(C)C(C)(C)O5)cc43)c([2H])c2c1[2H]. The molecule has 4 heteroatoms. The molecule has 3 nitrogen and oxygen atoms in total. The van der Waals surface area contributed by atoms with Crippen LogP contribution in [-0.4, -0.2) is 18.3 Å². The Bertz CT molecular complexity index is 1440. The van der Waals surface area contributed by atoms with Crippen molar-refractivity contribution in [3.8, 4) is 0 Å². The van der Waals surface area contributed by atoms with Crippen LogP contribution in [0.15, 0.2) is 58.9 Å². The molecule has 0 radical (unpaired) electrons. The van der Waals surface area contributed by atoms with Crippen LogP contribution in [-0.2, 0) is 9.31 Å². The topological polar surface area (TPSA) is 31.6 Å². The van der Waals surface area contributed by atoms with Crippen molar-refractivity contribution in [2.45, 2.75) is 38.9 Å². The van der Waals surface area contributed by atoms with Crippen LogP contribution in [0.25, 0.3) is 32.7 Å². The van der Waals surface area contributed by atoms with Gasteiger partial charge in [-0.2, -0.15) is 0 Å². The second-order valence-electron chi connectivity index (χ2n) is 7.65.